The zero-order valence-corrected chi connectivity index (χ0v) is 37.0. The molecule has 2 fully saturated rings. The lowest BCUT2D eigenvalue weighted by molar-refractivity contribution is 0.0879. The smallest absolute Gasteiger partial charge is 0.169 e. The Hall–Kier alpha value is -1.45. The number of benzene rings is 2. The zero-order valence-electron chi connectivity index (χ0n) is 32.3. The van der Waals surface area contributed by atoms with Crippen LogP contribution in [0.2, 0.25) is 10.0 Å². The van der Waals surface area contributed by atoms with Gasteiger partial charge in [0, 0.05) is 54.4 Å². The van der Waals surface area contributed by atoms with E-state index in [-0.39, 0.29) is 40.6 Å². The van der Waals surface area contributed by atoms with E-state index in [9.17, 15) is 15.0 Å². The number of ketones is 1. The molecular formula is C45H57Cl4NO3S2. The molecule has 6 rings (SSSR count). The Morgan fingerprint density at radius 1 is 0.709 bits per heavy atom. The lowest BCUT2D eigenvalue weighted by atomic mass is 9.85. The Morgan fingerprint density at radius 2 is 1.25 bits per heavy atom. The van der Waals surface area contributed by atoms with Crippen LogP contribution in [0.15, 0.2) is 72.8 Å². The van der Waals surface area contributed by atoms with E-state index in [0.29, 0.717) is 28.3 Å². The highest BCUT2D eigenvalue weighted by Gasteiger charge is 2.42. The molecule has 4 nitrogen and oxygen atoms in total. The number of halogens is 4. The molecular weight excluding hydrogens is 808 g/mol. The summed E-state index contributed by atoms with van der Waals surface area (Å²) in [4.78, 5) is 18.7. The Labute approximate surface area is 357 Å². The molecule has 2 aromatic heterocycles. The summed E-state index contributed by atoms with van der Waals surface area (Å²) in [7, 11) is 2.15. The lowest BCUT2D eigenvalue weighted by Crippen LogP contribution is -2.33. The van der Waals surface area contributed by atoms with Gasteiger partial charge in [0.25, 0.3) is 0 Å². The van der Waals surface area contributed by atoms with Crippen LogP contribution in [-0.4, -0.2) is 57.5 Å². The van der Waals surface area contributed by atoms with Crippen LogP contribution in [0.1, 0.15) is 93.7 Å². The number of aryl methyl sites for hydroxylation is 4. The number of nitrogens with zero attached hydrogens (tertiary/aromatic N) is 1. The van der Waals surface area contributed by atoms with E-state index in [1.807, 2.05) is 35.6 Å². The number of carbonyl (C=O) groups excluding carboxylic acids is 1. The molecule has 0 spiro atoms. The van der Waals surface area contributed by atoms with Crippen LogP contribution in [0.3, 0.4) is 0 Å². The van der Waals surface area contributed by atoms with Crippen molar-refractivity contribution in [1.82, 2.24) is 4.90 Å². The van der Waals surface area contributed by atoms with Crippen LogP contribution in [0, 0.1) is 30.6 Å². The number of carbonyl (C=O) groups is 1. The van der Waals surface area contributed by atoms with Gasteiger partial charge in [0.1, 0.15) is 0 Å². The van der Waals surface area contributed by atoms with Gasteiger partial charge in [-0.15, -0.1) is 45.9 Å². The second kappa shape index (κ2) is 22.1. The summed E-state index contributed by atoms with van der Waals surface area (Å²) in [6.45, 7) is 5.59. The first kappa shape index (κ1) is 44.6. The molecule has 0 bridgehead atoms. The normalized spacial score (nSPS) is 25.0. The predicted molar refractivity (Wildman–Crippen MR) is 236 cm³/mol. The van der Waals surface area contributed by atoms with Crippen molar-refractivity contribution < 1.29 is 15.0 Å². The van der Waals surface area contributed by atoms with Crippen molar-refractivity contribution in [2.45, 2.75) is 114 Å². The van der Waals surface area contributed by atoms with Crippen molar-refractivity contribution >= 4 is 74.9 Å². The summed E-state index contributed by atoms with van der Waals surface area (Å²) in [6, 6.07) is 24.6. The summed E-state index contributed by atoms with van der Waals surface area (Å²) in [5.41, 5.74) is 2.45. The standard InChI is InChI=1S/C23H27Cl3O2S.C22H30ClNOS/c1-14(27)23-9-8-18(29-23)5-3-6-19-20(22(28)13-21(19)26)7-2-4-15-10-16(24)12-17(25)11-15;1-16-11-12-18(26-16)9-6-10-19-20(22(25)13-21(19)23)15-24(2)14-17-7-4-3-5-8-17/h8-12,19-22,28H,2-7,13H2,1H3;3-5,7-8,11-12,19-22,25H,6,9-10,13-15H2,1-2H3/t2*19-,20-,21-,22-/m11/s1. The third-order valence-electron chi connectivity index (χ3n) is 11.4. The number of aliphatic hydroxyl groups excluding tert-OH is 2. The molecule has 300 valence electrons. The fourth-order valence-corrected chi connectivity index (χ4v) is 12.1. The topological polar surface area (TPSA) is 60.8 Å². The predicted octanol–water partition coefficient (Wildman–Crippen LogP) is 12.3. The highest BCUT2D eigenvalue weighted by atomic mass is 35.5. The third kappa shape index (κ3) is 13.8. The van der Waals surface area contributed by atoms with E-state index in [4.69, 9.17) is 46.4 Å². The van der Waals surface area contributed by atoms with Crippen LogP contribution < -0.4 is 0 Å². The lowest BCUT2D eigenvalue weighted by Gasteiger charge is -2.28. The van der Waals surface area contributed by atoms with Gasteiger partial charge in [-0.1, -0.05) is 53.5 Å². The number of rotatable bonds is 17. The molecule has 4 aromatic rings. The molecule has 55 heavy (non-hydrogen) atoms. The van der Waals surface area contributed by atoms with Gasteiger partial charge >= 0.3 is 0 Å². The molecule has 0 saturated heterocycles. The molecule has 0 radical (unpaired) electrons. The second-order valence-corrected chi connectivity index (χ2v) is 20.3. The van der Waals surface area contributed by atoms with Gasteiger partial charge in [-0.25, -0.2) is 0 Å². The first-order valence-electron chi connectivity index (χ1n) is 19.8. The summed E-state index contributed by atoms with van der Waals surface area (Å²) in [5, 5.41) is 22.5. The number of Topliss-reactive ketones (excluding diaryl/α,β-unsaturated/α-hetero) is 1. The molecule has 2 aliphatic rings. The van der Waals surface area contributed by atoms with Crippen molar-refractivity contribution in [1.29, 1.82) is 0 Å². The van der Waals surface area contributed by atoms with Crippen molar-refractivity contribution in [2.24, 2.45) is 23.7 Å². The Bertz CT molecular complexity index is 1750. The molecule has 0 aliphatic heterocycles. The van der Waals surface area contributed by atoms with E-state index >= 15 is 0 Å². The fourth-order valence-electron chi connectivity index (χ4n) is 8.68. The maximum atomic E-state index is 11.5. The molecule has 2 N–H and O–H groups in total. The van der Waals surface area contributed by atoms with E-state index < -0.39 is 0 Å². The van der Waals surface area contributed by atoms with Gasteiger partial charge in [0.05, 0.1) is 17.1 Å². The summed E-state index contributed by atoms with van der Waals surface area (Å²) < 4.78 is 0. The van der Waals surface area contributed by atoms with E-state index in [1.165, 1.54) is 20.2 Å². The van der Waals surface area contributed by atoms with Gasteiger partial charge < -0.3 is 15.1 Å². The minimum absolute atomic E-state index is 0.0340. The Kier molecular flexibility index (Phi) is 17.9. The number of thiophene rings is 2. The number of alkyl halides is 2. The minimum atomic E-state index is -0.323. The largest absolute Gasteiger partial charge is 0.393 e. The van der Waals surface area contributed by atoms with Crippen molar-refractivity contribution in [3.05, 3.63) is 113 Å². The van der Waals surface area contributed by atoms with Crippen LogP contribution in [-0.2, 0) is 25.8 Å². The number of aliphatic hydroxyl groups is 2. The quantitative estimate of drug-likeness (QED) is 0.0820. The summed E-state index contributed by atoms with van der Waals surface area (Å²) >= 11 is 28.9. The molecule has 8 atom stereocenters. The summed E-state index contributed by atoms with van der Waals surface area (Å²) in [6.07, 6.45) is 10.0. The van der Waals surface area contributed by atoms with Crippen molar-refractivity contribution in [3.63, 3.8) is 0 Å². The van der Waals surface area contributed by atoms with Crippen molar-refractivity contribution in [2.75, 3.05) is 13.6 Å². The molecule has 2 heterocycles. The first-order valence-corrected chi connectivity index (χ1v) is 23.1. The van der Waals surface area contributed by atoms with Gasteiger partial charge in [-0.3, -0.25) is 4.79 Å². The Morgan fingerprint density at radius 3 is 1.84 bits per heavy atom. The van der Waals surface area contributed by atoms with Gasteiger partial charge in [-0.2, -0.15) is 0 Å². The fraction of sp³-hybridized carbons (Fsp3) is 0.533. The number of hydrogen-bond donors (Lipinski definition) is 2. The highest BCUT2D eigenvalue weighted by Crippen LogP contribution is 2.42. The molecule has 10 heteroatoms. The zero-order chi connectivity index (χ0) is 39.5. The average Bonchev–Trinajstić information content (AvgIpc) is 3.89. The average molecular weight is 866 g/mol. The molecule has 0 amide bonds. The Balaban J connectivity index is 0.000000212. The first-order chi connectivity index (χ1) is 26.4. The van der Waals surface area contributed by atoms with Crippen LogP contribution in [0.5, 0.6) is 0 Å². The number of hydrogen-bond acceptors (Lipinski definition) is 6. The van der Waals surface area contributed by atoms with Gasteiger partial charge in [-0.05, 0) is 163 Å². The van der Waals surface area contributed by atoms with Gasteiger partial charge in [0.2, 0.25) is 0 Å². The van der Waals surface area contributed by atoms with Crippen LogP contribution in [0.4, 0.5) is 0 Å². The molecule has 2 saturated carbocycles. The maximum absolute atomic E-state index is 11.5. The third-order valence-corrected chi connectivity index (χ3v) is 15.2. The van der Waals surface area contributed by atoms with Crippen LogP contribution in [0.25, 0.3) is 0 Å². The molecule has 0 unspecified atom stereocenters. The highest BCUT2D eigenvalue weighted by molar-refractivity contribution is 7.14. The van der Waals surface area contributed by atoms with Crippen molar-refractivity contribution in [3.8, 4) is 0 Å². The van der Waals surface area contributed by atoms with Gasteiger partial charge in [0.15, 0.2) is 5.78 Å². The van der Waals surface area contributed by atoms with E-state index in [2.05, 4.69) is 61.3 Å². The molecule has 2 aliphatic carbocycles. The van der Waals surface area contributed by atoms with E-state index in [1.54, 1.807) is 24.3 Å². The SMILES string of the molecule is CC(=O)c1ccc(CCC[C@@H]2[C@@H](CCCc3cc(Cl)cc(Cl)c3)[C@H](O)C[C@H]2Cl)s1.Cc1ccc(CCC[C@@H]2[C@@H](CN(C)Cc3ccccc3)[C@H](O)C[C@H]2Cl)s1. The van der Waals surface area contributed by atoms with Crippen LogP contribution >= 0.6 is 69.1 Å². The molecule has 2 aromatic carbocycles. The minimum Gasteiger partial charge on any atom is -0.393 e. The maximum Gasteiger partial charge on any atom is 0.169 e. The second-order valence-electron chi connectivity index (χ2n) is 15.8. The van der Waals surface area contributed by atoms with E-state index in [0.717, 1.165) is 87.7 Å². The monoisotopic (exact) mass is 863 g/mol. The summed E-state index contributed by atoms with van der Waals surface area (Å²) in [5.74, 6) is 1.38.